The largest absolute Gasteiger partial charge is 0.308 e. The number of hydrazine groups is 1. The SMILES string of the molecule is CC1CCN(Cc2cccc(NN)n2)CC1C. The van der Waals surface area contributed by atoms with E-state index in [1.165, 1.54) is 19.5 Å². The molecule has 0 amide bonds. The molecule has 1 aliphatic heterocycles. The molecule has 2 heterocycles. The summed E-state index contributed by atoms with van der Waals surface area (Å²) < 4.78 is 0. The molecule has 1 aromatic heterocycles. The van der Waals surface area contributed by atoms with Crippen molar-refractivity contribution in [3.63, 3.8) is 0 Å². The Hall–Kier alpha value is -1.13. The van der Waals surface area contributed by atoms with Gasteiger partial charge in [-0.3, -0.25) is 4.90 Å². The first-order valence-corrected chi connectivity index (χ1v) is 6.34. The number of likely N-dealkylation sites (tertiary alicyclic amines) is 1. The Bertz CT molecular complexity index is 366. The first kappa shape index (κ1) is 12.3. The lowest BCUT2D eigenvalue weighted by Gasteiger charge is -2.35. The molecule has 0 bridgehead atoms. The van der Waals surface area contributed by atoms with Crippen LogP contribution in [0.2, 0.25) is 0 Å². The second-order valence-corrected chi connectivity index (χ2v) is 5.14. The molecular weight excluding hydrogens is 212 g/mol. The van der Waals surface area contributed by atoms with Gasteiger partial charge in [-0.25, -0.2) is 10.8 Å². The number of rotatable bonds is 3. The molecule has 1 aliphatic rings. The number of nitrogen functional groups attached to an aromatic ring is 1. The molecule has 0 radical (unpaired) electrons. The molecule has 17 heavy (non-hydrogen) atoms. The van der Waals surface area contributed by atoms with Crippen molar-refractivity contribution < 1.29 is 0 Å². The number of piperidine rings is 1. The molecule has 0 aliphatic carbocycles. The van der Waals surface area contributed by atoms with Crippen molar-refractivity contribution in [3.8, 4) is 0 Å². The fourth-order valence-electron chi connectivity index (χ4n) is 2.37. The minimum absolute atomic E-state index is 0.737. The van der Waals surface area contributed by atoms with E-state index in [-0.39, 0.29) is 0 Å². The van der Waals surface area contributed by atoms with Gasteiger partial charge in [-0.1, -0.05) is 19.9 Å². The highest BCUT2D eigenvalue weighted by atomic mass is 15.3. The summed E-state index contributed by atoms with van der Waals surface area (Å²) in [5.74, 6) is 7.72. The van der Waals surface area contributed by atoms with Crippen LogP contribution in [0.3, 0.4) is 0 Å². The monoisotopic (exact) mass is 234 g/mol. The number of hydrogen-bond acceptors (Lipinski definition) is 4. The van der Waals surface area contributed by atoms with Crippen molar-refractivity contribution in [1.29, 1.82) is 0 Å². The summed E-state index contributed by atoms with van der Waals surface area (Å²) in [6.45, 7) is 7.95. The van der Waals surface area contributed by atoms with Crippen molar-refractivity contribution in [2.45, 2.75) is 26.8 Å². The minimum Gasteiger partial charge on any atom is -0.308 e. The van der Waals surface area contributed by atoms with Crippen molar-refractivity contribution in [2.75, 3.05) is 18.5 Å². The summed E-state index contributed by atoms with van der Waals surface area (Å²) in [6.07, 6.45) is 1.29. The number of nitrogens with one attached hydrogen (secondary N) is 1. The topological polar surface area (TPSA) is 54.2 Å². The number of aromatic nitrogens is 1. The standard InChI is InChI=1S/C13H22N4/c1-10-6-7-17(8-11(10)2)9-12-4-3-5-13(15-12)16-14/h3-5,10-11H,6-9,14H2,1-2H3,(H,15,16). The number of nitrogens with zero attached hydrogens (tertiary/aromatic N) is 2. The second kappa shape index (κ2) is 5.47. The Kier molecular flexibility index (Phi) is 3.97. The summed E-state index contributed by atoms with van der Waals surface area (Å²) >= 11 is 0. The highest BCUT2D eigenvalue weighted by Crippen LogP contribution is 2.23. The van der Waals surface area contributed by atoms with Crippen LogP contribution in [0.15, 0.2) is 18.2 Å². The summed E-state index contributed by atoms with van der Waals surface area (Å²) in [7, 11) is 0. The Morgan fingerprint density at radius 1 is 1.41 bits per heavy atom. The summed E-state index contributed by atoms with van der Waals surface area (Å²) in [4.78, 5) is 6.93. The molecular formula is C13H22N4. The van der Waals surface area contributed by atoms with E-state index in [0.29, 0.717) is 0 Å². The third kappa shape index (κ3) is 3.17. The normalized spacial score (nSPS) is 25.8. The van der Waals surface area contributed by atoms with Gasteiger partial charge < -0.3 is 5.43 Å². The molecule has 2 rings (SSSR count). The fraction of sp³-hybridized carbons (Fsp3) is 0.615. The second-order valence-electron chi connectivity index (χ2n) is 5.14. The van der Waals surface area contributed by atoms with Gasteiger partial charge in [0.2, 0.25) is 0 Å². The molecule has 1 saturated heterocycles. The summed E-state index contributed by atoms with van der Waals surface area (Å²) in [6, 6.07) is 5.93. The van der Waals surface area contributed by atoms with E-state index < -0.39 is 0 Å². The molecule has 94 valence electrons. The van der Waals surface area contributed by atoms with E-state index in [0.717, 1.165) is 29.9 Å². The molecule has 0 aromatic carbocycles. The van der Waals surface area contributed by atoms with E-state index in [4.69, 9.17) is 5.84 Å². The molecule has 0 saturated carbocycles. The van der Waals surface area contributed by atoms with Gasteiger partial charge in [-0.15, -0.1) is 0 Å². The number of hydrogen-bond donors (Lipinski definition) is 2. The fourth-order valence-corrected chi connectivity index (χ4v) is 2.37. The van der Waals surface area contributed by atoms with Gasteiger partial charge in [0, 0.05) is 13.1 Å². The van der Waals surface area contributed by atoms with Gasteiger partial charge in [0.05, 0.1) is 5.69 Å². The van der Waals surface area contributed by atoms with Gasteiger partial charge in [-0.05, 0) is 36.9 Å². The van der Waals surface area contributed by atoms with Crippen LogP contribution in [-0.2, 0) is 6.54 Å². The smallest absolute Gasteiger partial charge is 0.140 e. The van der Waals surface area contributed by atoms with E-state index in [9.17, 15) is 0 Å². The molecule has 2 atom stereocenters. The quantitative estimate of drug-likeness (QED) is 0.619. The van der Waals surface area contributed by atoms with Crippen LogP contribution < -0.4 is 11.3 Å². The van der Waals surface area contributed by atoms with Crippen LogP contribution in [0, 0.1) is 11.8 Å². The van der Waals surface area contributed by atoms with Crippen LogP contribution in [0.1, 0.15) is 26.0 Å². The summed E-state index contributed by atoms with van der Waals surface area (Å²) in [5.41, 5.74) is 3.68. The van der Waals surface area contributed by atoms with Gasteiger partial charge in [0.15, 0.2) is 0 Å². The van der Waals surface area contributed by atoms with E-state index in [2.05, 4.69) is 35.2 Å². The Balaban J connectivity index is 1.96. The highest BCUT2D eigenvalue weighted by molar-refractivity contribution is 5.33. The third-order valence-corrected chi connectivity index (χ3v) is 3.76. The Morgan fingerprint density at radius 2 is 2.24 bits per heavy atom. The third-order valence-electron chi connectivity index (χ3n) is 3.76. The number of pyridine rings is 1. The van der Waals surface area contributed by atoms with Crippen LogP contribution in [0.4, 0.5) is 5.82 Å². The van der Waals surface area contributed by atoms with Crippen molar-refractivity contribution in [1.82, 2.24) is 9.88 Å². The van der Waals surface area contributed by atoms with Crippen LogP contribution in [0.25, 0.3) is 0 Å². The summed E-state index contributed by atoms with van der Waals surface area (Å²) in [5, 5.41) is 0. The highest BCUT2D eigenvalue weighted by Gasteiger charge is 2.22. The Morgan fingerprint density at radius 3 is 2.94 bits per heavy atom. The van der Waals surface area contributed by atoms with Gasteiger partial charge in [0.25, 0.3) is 0 Å². The maximum Gasteiger partial charge on any atom is 0.140 e. The van der Waals surface area contributed by atoms with Crippen molar-refractivity contribution in [2.24, 2.45) is 17.7 Å². The van der Waals surface area contributed by atoms with E-state index >= 15 is 0 Å². The molecule has 0 spiro atoms. The van der Waals surface area contributed by atoms with Gasteiger partial charge in [-0.2, -0.15) is 0 Å². The number of nitrogens with two attached hydrogens (primary N) is 1. The van der Waals surface area contributed by atoms with Crippen molar-refractivity contribution >= 4 is 5.82 Å². The molecule has 1 fully saturated rings. The molecule has 4 heteroatoms. The van der Waals surface area contributed by atoms with Gasteiger partial charge >= 0.3 is 0 Å². The average Bonchev–Trinajstić information content (AvgIpc) is 2.34. The van der Waals surface area contributed by atoms with Crippen LogP contribution in [-0.4, -0.2) is 23.0 Å². The Labute approximate surface area is 103 Å². The molecule has 2 unspecified atom stereocenters. The van der Waals surface area contributed by atoms with Crippen LogP contribution in [0.5, 0.6) is 0 Å². The predicted molar refractivity (Wildman–Crippen MR) is 70.3 cm³/mol. The first-order valence-electron chi connectivity index (χ1n) is 6.34. The first-order chi connectivity index (χ1) is 8.19. The lowest BCUT2D eigenvalue weighted by atomic mass is 9.89. The average molecular weight is 234 g/mol. The number of anilines is 1. The van der Waals surface area contributed by atoms with Crippen LogP contribution >= 0.6 is 0 Å². The molecule has 4 nitrogen and oxygen atoms in total. The lowest BCUT2D eigenvalue weighted by Crippen LogP contribution is -2.38. The molecule has 1 aromatic rings. The van der Waals surface area contributed by atoms with E-state index in [1.54, 1.807) is 0 Å². The van der Waals surface area contributed by atoms with E-state index in [1.807, 2.05) is 12.1 Å². The predicted octanol–water partition coefficient (Wildman–Crippen LogP) is 1.85. The zero-order chi connectivity index (χ0) is 12.3. The van der Waals surface area contributed by atoms with Crippen molar-refractivity contribution in [3.05, 3.63) is 23.9 Å². The maximum absolute atomic E-state index is 5.37. The molecule has 3 N–H and O–H groups in total. The lowest BCUT2D eigenvalue weighted by molar-refractivity contribution is 0.131. The minimum atomic E-state index is 0.737. The maximum atomic E-state index is 5.37. The zero-order valence-corrected chi connectivity index (χ0v) is 10.7. The zero-order valence-electron chi connectivity index (χ0n) is 10.7. The van der Waals surface area contributed by atoms with Gasteiger partial charge in [0.1, 0.15) is 5.82 Å².